The Morgan fingerprint density at radius 2 is 2.12 bits per heavy atom. The fourth-order valence-electron chi connectivity index (χ4n) is 1.94. The molecule has 4 nitrogen and oxygen atoms in total. The molecular weight excluding hydrogens is 214 g/mol. The van der Waals surface area contributed by atoms with E-state index in [0.29, 0.717) is 0 Å². The van der Waals surface area contributed by atoms with E-state index in [9.17, 15) is 5.11 Å². The fraction of sp³-hybridized carbons (Fsp3) is 0.0769. The van der Waals surface area contributed by atoms with E-state index < -0.39 is 0 Å². The highest BCUT2D eigenvalue weighted by Gasteiger charge is 2.08. The summed E-state index contributed by atoms with van der Waals surface area (Å²) in [5.74, 6) is 0. The maximum atomic E-state index is 9.34. The summed E-state index contributed by atoms with van der Waals surface area (Å²) in [7, 11) is 0. The van der Waals surface area contributed by atoms with Gasteiger partial charge in [-0.3, -0.25) is 9.38 Å². The third-order valence-corrected chi connectivity index (χ3v) is 2.75. The molecule has 0 aromatic carbocycles. The van der Waals surface area contributed by atoms with Gasteiger partial charge in [-0.25, -0.2) is 4.98 Å². The number of rotatable bonds is 2. The quantitative estimate of drug-likeness (QED) is 0.724. The molecule has 0 aliphatic carbocycles. The molecule has 3 aromatic heterocycles. The molecule has 0 radical (unpaired) electrons. The van der Waals surface area contributed by atoms with Crippen LogP contribution in [0.5, 0.6) is 0 Å². The van der Waals surface area contributed by atoms with Crippen LogP contribution in [0.4, 0.5) is 0 Å². The SMILES string of the molecule is OCc1cccnc1-c1cccc2cncn12. The Labute approximate surface area is 98.2 Å². The van der Waals surface area contributed by atoms with Crippen molar-refractivity contribution >= 4 is 5.52 Å². The molecule has 0 atom stereocenters. The first-order chi connectivity index (χ1) is 8.40. The van der Waals surface area contributed by atoms with Gasteiger partial charge in [-0.05, 0) is 18.2 Å². The maximum Gasteiger partial charge on any atom is 0.0997 e. The third-order valence-electron chi connectivity index (χ3n) is 2.75. The minimum Gasteiger partial charge on any atom is -0.392 e. The molecule has 0 bridgehead atoms. The summed E-state index contributed by atoms with van der Waals surface area (Å²) in [4.78, 5) is 8.46. The van der Waals surface area contributed by atoms with E-state index in [1.807, 2.05) is 34.7 Å². The minimum absolute atomic E-state index is 0.0196. The molecule has 0 aliphatic rings. The van der Waals surface area contributed by atoms with Gasteiger partial charge in [0.05, 0.1) is 36.0 Å². The van der Waals surface area contributed by atoms with Crippen molar-refractivity contribution in [2.24, 2.45) is 0 Å². The van der Waals surface area contributed by atoms with E-state index >= 15 is 0 Å². The predicted octanol–water partition coefficient (Wildman–Crippen LogP) is 1.89. The van der Waals surface area contributed by atoms with Gasteiger partial charge in [0.15, 0.2) is 0 Å². The molecule has 84 valence electrons. The first kappa shape index (κ1) is 9.99. The Kier molecular flexibility index (Phi) is 2.34. The van der Waals surface area contributed by atoms with Crippen LogP contribution in [0.3, 0.4) is 0 Å². The molecule has 0 amide bonds. The topological polar surface area (TPSA) is 50.4 Å². The van der Waals surface area contributed by atoms with Crippen molar-refractivity contribution in [3.8, 4) is 11.4 Å². The third kappa shape index (κ3) is 1.59. The highest BCUT2D eigenvalue weighted by atomic mass is 16.3. The van der Waals surface area contributed by atoms with Crippen LogP contribution in [0, 0.1) is 0 Å². The summed E-state index contributed by atoms with van der Waals surface area (Å²) >= 11 is 0. The maximum absolute atomic E-state index is 9.34. The molecule has 0 saturated carbocycles. The Morgan fingerprint density at radius 1 is 1.18 bits per heavy atom. The molecule has 0 fully saturated rings. The van der Waals surface area contributed by atoms with Gasteiger partial charge in [0.1, 0.15) is 0 Å². The summed E-state index contributed by atoms with van der Waals surface area (Å²) in [6.45, 7) is -0.0196. The van der Waals surface area contributed by atoms with E-state index in [4.69, 9.17) is 0 Å². The van der Waals surface area contributed by atoms with E-state index in [2.05, 4.69) is 9.97 Å². The fourth-order valence-corrected chi connectivity index (χ4v) is 1.94. The van der Waals surface area contributed by atoms with Crippen LogP contribution in [0.25, 0.3) is 16.9 Å². The number of nitrogens with zero attached hydrogens (tertiary/aromatic N) is 3. The van der Waals surface area contributed by atoms with Gasteiger partial charge in [0, 0.05) is 11.8 Å². The van der Waals surface area contributed by atoms with E-state index in [1.54, 1.807) is 18.7 Å². The molecule has 3 aromatic rings. The zero-order valence-corrected chi connectivity index (χ0v) is 9.11. The van der Waals surface area contributed by atoms with E-state index in [1.165, 1.54) is 0 Å². The largest absolute Gasteiger partial charge is 0.392 e. The summed E-state index contributed by atoms with van der Waals surface area (Å²) in [5.41, 5.74) is 3.55. The molecule has 0 unspecified atom stereocenters. The summed E-state index contributed by atoms with van der Waals surface area (Å²) in [5, 5.41) is 9.34. The number of aliphatic hydroxyl groups excluding tert-OH is 1. The lowest BCUT2D eigenvalue weighted by Crippen LogP contribution is -1.97. The lowest BCUT2D eigenvalue weighted by atomic mass is 10.1. The summed E-state index contributed by atoms with van der Waals surface area (Å²) in [6, 6.07) is 9.61. The Morgan fingerprint density at radius 3 is 3.00 bits per heavy atom. The van der Waals surface area contributed by atoms with Gasteiger partial charge < -0.3 is 5.11 Å². The predicted molar refractivity (Wildman–Crippen MR) is 64.3 cm³/mol. The number of aromatic nitrogens is 3. The molecule has 0 aliphatic heterocycles. The van der Waals surface area contributed by atoms with Gasteiger partial charge in [-0.15, -0.1) is 0 Å². The van der Waals surface area contributed by atoms with Crippen molar-refractivity contribution < 1.29 is 5.11 Å². The molecule has 0 spiro atoms. The Balaban J connectivity index is 2.30. The van der Waals surface area contributed by atoms with Crippen LogP contribution in [-0.4, -0.2) is 19.5 Å². The summed E-state index contributed by atoms with van der Waals surface area (Å²) in [6.07, 6.45) is 5.27. The monoisotopic (exact) mass is 225 g/mol. The average Bonchev–Trinajstić information content (AvgIpc) is 2.86. The second-order valence-electron chi connectivity index (χ2n) is 3.77. The second-order valence-corrected chi connectivity index (χ2v) is 3.77. The van der Waals surface area contributed by atoms with Gasteiger partial charge in [-0.2, -0.15) is 0 Å². The Bertz CT molecular complexity index is 660. The van der Waals surface area contributed by atoms with Gasteiger partial charge in [0.2, 0.25) is 0 Å². The zero-order valence-electron chi connectivity index (χ0n) is 9.11. The lowest BCUT2D eigenvalue weighted by Gasteiger charge is -2.08. The molecule has 0 saturated heterocycles. The van der Waals surface area contributed by atoms with Crippen LogP contribution in [0.15, 0.2) is 49.1 Å². The smallest absolute Gasteiger partial charge is 0.0997 e. The first-order valence-electron chi connectivity index (χ1n) is 5.36. The first-order valence-corrected chi connectivity index (χ1v) is 5.36. The van der Waals surface area contributed by atoms with Gasteiger partial charge in [-0.1, -0.05) is 12.1 Å². The van der Waals surface area contributed by atoms with Crippen molar-refractivity contribution in [1.29, 1.82) is 0 Å². The number of pyridine rings is 2. The van der Waals surface area contributed by atoms with Crippen molar-refractivity contribution in [1.82, 2.24) is 14.4 Å². The number of imidazole rings is 1. The molecule has 4 heteroatoms. The van der Waals surface area contributed by atoms with Crippen molar-refractivity contribution in [2.75, 3.05) is 0 Å². The number of fused-ring (bicyclic) bond motifs is 1. The van der Waals surface area contributed by atoms with Crippen molar-refractivity contribution in [3.63, 3.8) is 0 Å². The molecule has 17 heavy (non-hydrogen) atoms. The van der Waals surface area contributed by atoms with Crippen molar-refractivity contribution in [2.45, 2.75) is 6.61 Å². The highest BCUT2D eigenvalue weighted by Crippen LogP contribution is 2.22. The zero-order chi connectivity index (χ0) is 11.7. The van der Waals surface area contributed by atoms with E-state index in [0.717, 1.165) is 22.5 Å². The molecule has 1 N–H and O–H groups in total. The summed E-state index contributed by atoms with van der Waals surface area (Å²) < 4.78 is 1.96. The van der Waals surface area contributed by atoms with Crippen LogP contribution >= 0.6 is 0 Å². The normalized spacial score (nSPS) is 10.9. The van der Waals surface area contributed by atoms with Crippen LogP contribution < -0.4 is 0 Å². The van der Waals surface area contributed by atoms with Crippen LogP contribution in [0.1, 0.15) is 5.56 Å². The van der Waals surface area contributed by atoms with Gasteiger partial charge >= 0.3 is 0 Å². The van der Waals surface area contributed by atoms with Crippen molar-refractivity contribution in [3.05, 3.63) is 54.6 Å². The van der Waals surface area contributed by atoms with Gasteiger partial charge in [0.25, 0.3) is 0 Å². The Hall–Kier alpha value is -2.20. The number of hydrogen-bond acceptors (Lipinski definition) is 3. The van der Waals surface area contributed by atoms with Crippen LogP contribution in [-0.2, 0) is 6.61 Å². The van der Waals surface area contributed by atoms with Crippen LogP contribution in [0.2, 0.25) is 0 Å². The number of hydrogen-bond donors (Lipinski definition) is 1. The number of aliphatic hydroxyl groups is 1. The molecular formula is C13H11N3O. The highest BCUT2D eigenvalue weighted by molar-refractivity contribution is 5.64. The molecule has 3 heterocycles. The lowest BCUT2D eigenvalue weighted by molar-refractivity contribution is 0.282. The molecule has 3 rings (SSSR count). The van der Waals surface area contributed by atoms with E-state index in [-0.39, 0.29) is 6.61 Å². The second kappa shape index (κ2) is 3.99. The average molecular weight is 225 g/mol. The standard InChI is InChI=1S/C13H11N3O/c17-8-10-3-2-6-15-13(10)12-5-1-4-11-7-14-9-16(11)12/h1-7,9,17H,8H2. The minimum atomic E-state index is -0.0196.